The third-order valence-electron chi connectivity index (χ3n) is 5.77. The highest BCUT2D eigenvalue weighted by Gasteiger charge is 2.42. The van der Waals surface area contributed by atoms with Gasteiger partial charge in [-0.1, -0.05) is 35.6 Å². The minimum atomic E-state index is -3.27. The molecule has 0 aliphatic carbocycles. The van der Waals surface area contributed by atoms with Crippen LogP contribution in [0.2, 0.25) is 0 Å². The molecule has 6 nitrogen and oxygen atoms in total. The van der Waals surface area contributed by atoms with Crippen LogP contribution in [0.5, 0.6) is 10.9 Å². The SMILES string of the molecule is CS(=O)(=O)C(c1ccc(Oc2nc3ccccc3s2)cc1)N1CC2CCNC2C1. The first-order chi connectivity index (χ1) is 14.0. The molecule has 152 valence electrons. The molecule has 3 unspecified atom stereocenters. The van der Waals surface area contributed by atoms with Crippen LogP contribution < -0.4 is 10.1 Å². The van der Waals surface area contributed by atoms with Crippen LogP contribution in [-0.4, -0.2) is 50.2 Å². The number of sulfone groups is 1. The highest BCUT2D eigenvalue weighted by Crippen LogP contribution is 2.36. The van der Waals surface area contributed by atoms with E-state index in [1.165, 1.54) is 17.6 Å². The smallest absolute Gasteiger partial charge is 0.279 e. The van der Waals surface area contributed by atoms with Crippen molar-refractivity contribution >= 4 is 31.4 Å². The van der Waals surface area contributed by atoms with Crippen molar-refractivity contribution in [2.75, 3.05) is 25.9 Å². The molecular formula is C21H23N3O3S2. The molecule has 29 heavy (non-hydrogen) atoms. The number of hydrogen-bond donors (Lipinski definition) is 1. The molecule has 0 spiro atoms. The predicted molar refractivity (Wildman–Crippen MR) is 115 cm³/mol. The molecular weight excluding hydrogens is 406 g/mol. The lowest BCUT2D eigenvalue weighted by Crippen LogP contribution is -2.35. The maximum Gasteiger partial charge on any atom is 0.279 e. The molecule has 2 aromatic carbocycles. The maximum atomic E-state index is 12.6. The van der Waals surface area contributed by atoms with Crippen molar-refractivity contribution in [1.29, 1.82) is 0 Å². The molecule has 8 heteroatoms. The standard InChI is InChI=1S/C21H23N3O3S2/c1-29(25,26)20(24-12-15-10-11-22-18(15)13-24)14-6-8-16(9-7-14)27-21-23-17-4-2-3-5-19(17)28-21/h2-9,15,18,20,22H,10-13H2,1H3. The molecule has 1 N–H and O–H groups in total. The highest BCUT2D eigenvalue weighted by molar-refractivity contribution is 7.90. The average Bonchev–Trinajstić information content (AvgIpc) is 3.36. The molecule has 0 saturated carbocycles. The lowest BCUT2D eigenvalue weighted by atomic mass is 10.1. The van der Waals surface area contributed by atoms with E-state index in [4.69, 9.17) is 4.74 Å². The topological polar surface area (TPSA) is 71.5 Å². The number of benzene rings is 2. The van der Waals surface area contributed by atoms with E-state index in [9.17, 15) is 8.42 Å². The van der Waals surface area contributed by atoms with Crippen molar-refractivity contribution in [2.45, 2.75) is 17.8 Å². The quantitative estimate of drug-likeness (QED) is 0.670. The summed E-state index contributed by atoms with van der Waals surface area (Å²) in [5.41, 5.74) is 1.69. The molecule has 3 heterocycles. The molecule has 3 aromatic rings. The van der Waals surface area contributed by atoms with Gasteiger partial charge in [0.15, 0.2) is 9.84 Å². The molecule has 0 amide bonds. The van der Waals surface area contributed by atoms with E-state index < -0.39 is 15.2 Å². The van der Waals surface area contributed by atoms with Gasteiger partial charge in [0.25, 0.3) is 5.19 Å². The van der Waals surface area contributed by atoms with Gasteiger partial charge < -0.3 is 10.1 Å². The van der Waals surface area contributed by atoms with Crippen LogP contribution >= 0.6 is 11.3 Å². The first-order valence-electron chi connectivity index (χ1n) is 9.77. The molecule has 2 aliphatic heterocycles. The van der Waals surface area contributed by atoms with Gasteiger partial charge in [-0.2, -0.15) is 0 Å². The Labute approximate surface area is 174 Å². The van der Waals surface area contributed by atoms with E-state index in [0.29, 0.717) is 22.9 Å². The second kappa shape index (κ2) is 7.36. The number of thiazole rings is 1. The lowest BCUT2D eigenvalue weighted by Gasteiger charge is -2.27. The molecule has 0 bridgehead atoms. The third-order valence-corrected chi connectivity index (χ3v) is 8.07. The number of nitrogens with one attached hydrogen (secondary N) is 1. The Morgan fingerprint density at radius 1 is 1.17 bits per heavy atom. The molecule has 0 radical (unpaired) electrons. The predicted octanol–water partition coefficient (Wildman–Crippen LogP) is 3.43. The molecule has 3 atom stereocenters. The Morgan fingerprint density at radius 3 is 2.69 bits per heavy atom. The van der Waals surface area contributed by atoms with Crippen molar-refractivity contribution in [3.63, 3.8) is 0 Å². The summed E-state index contributed by atoms with van der Waals surface area (Å²) in [5, 5.41) is 3.45. The van der Waals surface area contributed by atoms with Crippen LogP contribution in [0.15, 0.2) is 48.5 Å². The fourth-order valence-corrected chi connectivity index (χ4v) is 6.70. The number of rotatable bonds is 5. The summed E-state index contributed by atoms with van der Waals surface area (Å²) in [6, 6.07) is 15.7. The summed E-state index contributed by atoms with van der Waals surface area (Å²) in [6.07, 6.45) is 2.44. The van der Waals surface area contributed by atoms with Crippen molar-refractivity contribution in [3.8, 4) is 10.9 Å². The van der Waals surface area contributed by atoms with Crippen molar-refractivity contribution in [1.82, 2.24) is 15.2 Å². The molecule has 2 fully saturated rings. The van der Waals surface area contributed by atoms with E-state index in [0.717, 1.165) is 41.8 Å². The number of para-hydroxylation sites is 1. The van der Waals surface area contributed by atoms with Gasteiger partial charge in [0.05, 0.1) is 10.2 Å². The highest BCUT2D eigenvalue weighted by atomic mass is 32.2. The summed E-state index contributed by atoms with van der Waals surface area (Å²) in [4.78, 5) is 6.58. The summed E-state index contributed by atoms with van der Waals surface area (Å²) in [5.74, 6) is 1.20. The summed E-state index contributed by atoms with van der Waals surface area (Å²) in [7, 11) is -3.27. The zero-order valence-corrected chi connectivity index (χ0v) is 17.7. The molecule has 2 saturated heterocycles. The van der Waals surface area contributed by atoms with Crippen molar-refractivity contribution in [2.24, 2.45) is 5.92 Å². The van der Waals surface area contributed by atoms with Gasteiger partial charge in [0.1, 0.15) is 11.1 Å². The first-order valence-corrected chi connectivity index (χ1v) is 12.5. The molecule has 5 rings (SSSR count). The van der Waals surface area contributed by atoms with Crippen LogP contribution in [0.1, 0.15) is 17.4 Å². The minimum Gasteiger partial charge on any atom is -0.431 e. The number of hydrogen-bond acceptors (Lipinski definition) is 7. The zero-order valence-electron chi connectivity index (χ0n) is 16.1. The first kappa shape index (κ1) is 19.0. The number of likely N-dealkylation sites (tertiary alicyclic amines) is 1. The molecule has 2 aliphatic rings. The number of fused-ring (bicyclic) bond motifs is 2. The Bertz CT molecular complexity index is 1080. The number of nitrogens with zero attached hydrogens (tertiary/aromatic N) is 2. The van der Waals surface area contributed by atoms with Gasteiger partial charge in [0, 0.05) is 25.4 Å². The van der Waals surface area contributed by atoms with Crippen LogP contribution in [0.4, 0.5) is 0 Å². The maximum absolute atomic E-state index is 12.6. The monoisotopic (exact) mass is 429 g/mol. The molecule has 1 aromatic heterocycles. The largest absolute Gasteiger partial charge is 0.431 e. The van der Waals surface area contributed by atoms with Gasteiger partial charge in [0.2, 0.25) is 0 Å². The van der Waals surface area contributed by atoms with E-state index >= 15 is 0 Å². The number of ether oxygens (including phenoxy) is 1. The van der Waals surface area contributed by atoms with Crippen LogP contribution in [0.3, 0.4) is 0 Å². The zero-order chi connectivity index (χ0) is 20.0. The van der Waals surface area contributed by atoms with Gasteiger partial charge in [-0.15, -0.1) is 0 Å². The van der Waals surface area contributed by atoms with Gasteiger partial charge in [-0.05, 0) is 48.7 Å². The van der Waals surface area contributed by atoms with Crippen LogP contribution in [-0.2, 0) is 9.84 Å². The van der Waals surface area contributed by atoms with E-state index in [2.05, 4.69) is 15.2 Å². The summed E-state index contributed by atoms with van der Waals surface area (Å²) < 4.78 is 32.2. The van der Waals surface area contributed by atoms with E-state index in [1.54, 1.807) is 0 Å². The summed E-state index contributed by atoms with van der Waals surface area (Å²) in [6.45, 7) is 2.62. The van der Waals surface area contributed by atoms with Crippen molar-refractivity contribution < 1.29 is 13.2 Å². The normalized spacial score (nSPS) is 23.3. The Balaban J connectivity index is 1.37. The van der Waals surface area contributed by atoms with Gasteiger partial charge in [-0.3, -0.25) is 4.90 Å². The Kier molecular flexibility index (Phi) is 4.82. The second-order valence-corrected chi connectivity index (χ2v) is 11.0. The van der Waals surface area contributed by atoms with E-state index in [-0.39, 0.29) is 0 Å². The third kappa shape index (κ3) is 3.77. The number of aromatic nitrogens is 1. The average molecular weight is 430 g/mol. The fraction of sp³-hybridized carbons (Fsp3) is 0.381. The summed E-state index contributed by atoms with van der Waals surface area (Å²) >= 11 is 1.49. The van der Waals surface area contributed by atoms with Crippen LogP contribution in [0, 0.1) is 5.92 Å². The van der Waals surface area contributed by atoms with Gasteiger partial charge in [-0.25, -0.2) is 13.4 Å². The lowest BCUT2D eigenvalue weighted by molar-refractivity contribution is 0.287. The Morgan fingerprint density at radius 2 is 1.97 bits per heavy atom. The Hall–Kier alpha value is -2.00. The second-order valence-electron chi connectivity index (χ2n) is 7.86. The van der Waals surface area contributed by atoms with Crippen LogP contribution in [0.25, 0.3) is 10.2 Å². The fourth-order valence-electron chi connectivity index (χ4n) is 4.50. The minimum absolute atomic E-state index is 0.404. The van der Waals surface area contributed by atoms with E-state index in [1.807, 2.05) is 48.5 Å². The van der Waals surface area contributed by atoms with Crippen molar-refractivity contribution in [3.05, 3.63) is 54.1 Å². The van der Waals surface area contributed by atoms with Gasteiger partial charge >= 0.3 is 0 Å².